The first-order valence-corrected chi connectivity index (χ1v) is 12.0. The zero-order valence-electron chi connectivity index (χ0n) is 19.2. The Morgan fingerprint density at radius 1 is 0.828 bits per heavy atom. The smallest absolute Gasteiger partial charge is 0.209 e. The molecule has 3 unspecified atom stereocenters. The van der Waals surface area contributed by atoms with E-state index in [1.165, 1.54) is 12.8 Å². The van der Waals surface area contributed by atoms with Gasteiger partial charge in [0.1, 0.15) is 0 Å². The molecule has 0 saturated carbocycles. The number of nitrogens with zero attached hydrogens (tertiary/aromatic N) is 4. The van der Waals surface area contributed by atoms with Crippen molar-refractivity contribution >= 4 is 12.2 Å². The van der Waals surface area contributed by atoms with Gasteiger partial charge in [-0.3, -0.25) is 14.5 Å². The summed E-state index contributed by atoms with van der Waals surface area (Å²) in [6, 6.07) is 0.0785. The van der Waals surface area contributed by atoms with Gasteiger partial charge in [0.25, 0.3) is 0 Å². The van der Waals surface area contributed by atoms with Gasteiger partial charge in [0.15, 0.2) is 5.78 Å². The second-order valence-corrected chi connectivity index (χ2v) is 9.14. The fourth-order valence-electron chi connectivity index (χ4n) is 4.61. The summed E-state index contributed by atoms with van der Waals surface area (Å²) in [5.41, 5.74) is 0. The Labute approximate surface area is 178 Å². The van der Waals surface area contributed by atoms with Crippen molar-refractivity contribution in [1.82, 2.24) is 19.6 Å². The maximum absolute atomic E-state index is 13.0. The van der Waals surface area contributed by atoms with E-state index < -0.39 is 0 Å². The summed E-state index contributed by atoms with van der Waals surface area (Å²) in [6.07, 6.45) is 7.69. The fourth-order valence-corrected chi connectivity index (χ4v) is 4.61. The molecule has 6 heteroatoms. The molecule has 2 aliphatic heterocycles. The van der Waals surface area contributed by atoms with Gasteiger partial charge in [-0.25, -0.2) is 0 Å². The number of carbonyl (C=O) groups is 2. The summed E-state index contributed by atoms with van der Waals surface area (Å²) in [7, 11) is 0. The molecule has 0 N–H and O–H groups in total. The zero-order valence-corrected chi connectivity index (χ0v) is 19.2. The molecule has 6 nitrogen and oxygen atoms in total. The third kappa shape index (κ3) is 8.35. The first kappa shape index (κ1) is 24.3. The van der Waals surface area contributed by atoms with Gasteiger partial charge in [0.05, 0.1) is 6.04 Å². The van der Waals surface area contributed by atoms with Crippen LogP contribution in [0.15, 0.2) is 0 Å². The van der Waals surface area contributed by atoms with E-state index in [1.54, 1.807) is 0 Å². The van der Waals surface area contributed by atoms with E-state index in [1.807, 2.05) is 4.90 Å². The van der Waals surface area contributed by atoms with Crippen LogP contribution in [0.25, 0.3) is 0 Å². The molecular weight excluding hydrogens is 364 g/mol. The van der Waals surface area contributed by atoms with E-state index in [9.17, 15) is 9.59 Å². The molecule has 0 aromatic carbocycles. The number of rotatable bonds is 8. The first-order valence-electron chi connectivity index (χ1n) is 12.0. The average Bonchev–Trinajstić information content (AvgIpc) is 2.72. The molecule has 29 heavy (non-hydrogen) atoms. The Balaban J connectivity index is 2.08. The Morgan fingerprint density at radius 3 is 2.07 bits per heavy atom. The Bertz CT molecular complexity index is 485. The normalized spacial score (nSPS) is 26.3. The first-order chi connectivity index (χ1) is 14.0. The summed E-state index contributed by atoms with van der Waals surface area (Å²) in [5, 5.41) is 0. The quantitative estimate of drug-likeness (QED) is 0.456. The van der Waals surface area contributed by atoms with Crippen molar-refractivity contribution < 1.29 is 9.59 Å². The molecule has 0 radical (unpaired) electrons. The molecule has 3 atom stereocenters. The number of Topliss-reactive ketones (excluding diaryl/α,β-unsaturated/α-hetero) is 1. The van der Waals surface area contributed by atoms with Crippen LogP contribution in [0.2, 0.25) is 0 Å². The van der Waals surface area contributed by atoms with Crippen molar-refractivity contribution in [3.63, 3.8) is 0 Å². The largest absolute Gasteiger partial charge is 0.344 e. The lowest BCUT2D eigenvalue weighted by atomic mass is 9.95. The molecule has 2 saturated heterocycles. The highest BCUT2D eigenvalue weighted by atomic mass is 16.1. The molecule has 0 aromatic heterocycles. The second kappa shape index (κ2) is 13.3. The number of fused-ring (bicyclic) bond motifs is 3. The fraction of sp³-hybridized carbons (Fsp3) is 0.913. The number of hydrogen-bond donors (Lipinski definition) is 0. The highest BCUT2D eigenvalue weighted by Crippen LogP contribution is 2.17. The summed E-state index contributed by atoms with van der Waals surface area (Å²) in [4.78, 5) is 33.8. The minimum atomic E-state index is 0.0785. The van der Waals surface area contributed by atoms with E-state index in [-0.39, 0.29) is 12.0 Å². The topological polar surface area (TPSA) is 47.1 Å². The van der Waals surface area contributed by atoms with Crippen LogP contribution in [-0.2, 0) is 9.59 Å². The van der Waals surface area contributed by atoms with Gasteiger partial charge >= 0.3 is 0 Å². The number of unbranched alkanes of at least 4 members (excludes halogenated alkanes) is 2. The molecule has 2 aliphatic rings. The average molecular weight is 409 g/mol. The minimum absolute atomic E-state index is 0.0785. The second-order valence-electron chi connectivity index (χ2n) is 9.14. The SMILES string of the molecule is CCCCCC(C(=O)C(C)C)N1CCCN2CCN(C=O)CCCN(CC2)CC1. The van der Waals surface area contributed by atoms with Gasteiger partial charge in [-0.1, -0.05) is 40.0 Å². The van der Waals surface area contributed by atoms with E-state index in [0.717, 1.165) is 97.5 Å². The third-order valence-electron chi connectivity index (χ3n) is 6.55. The van der Waals surface area contributed by atoms with Crippen LogP contribution in [0.5, 0.6) is 0 Å². The molecule has 2 fully saturated rings. The lowest BCUT2D eigenvalue weighted by Gasteiger charge is -2.38. The van der Waals surface area contributed by atoms with E-state index in [4.69, 9.17) is 0 Å². The third-order valence-corrected chi connectivity index (χ3v) is 6.55. The monoisotopic (exact) mass is 408 g/mol. The van der Waals surface area contributed by atoms with Crippen molar-refractivity contribution in [2.24, 2.45) is 5.92 Å². The van der Waals surface area contributed by atoms with Crippen LogP contribution in [-0.4, -0.2) is 103 Å². The summed E-state index contributed by atoms with van der Waals surface area (Å²) in [5.74, 6) is 0.522. The molecule has 2 bridgehead atoms. The molecule has 2 rings (SSSR count). The summed E-state index contributed by atoms with van der Waals surface area (Å²) < 4.78 is 0. The lowest BCUT2D eigenvalue weighted by molar-refractivity contribution is -0.127. The van der Waals surface area contributed by atoms with Crippen LogP contribution in [0, 0.1) is 5.92 Å². The van der Waals surface area contributed by atoms with Crippen molar-refractivity contribution in [1.29, 1.82) is 0 Å². The van der Waals surface area contributed by atoms with Crippen molar-refractivity contribution in [3.05, 3.63) is 0 Å². The maximum Gasteiger partial charge on any atom is 0.209 e. The molecule has 168 valence electrons. The molecule has 0 aliphatic carbocycles. The summed E-state index contributed by atoms with van der Waals surface area (Å²) >= 11 is 0. The highest BCUT2D eigenvalue weighted by Gasteiger charge is 2.28. The van der Waals surface area contributed by atoms with E-state index >= 15 is 0 Å². The van der Waals surface area contributed by atoms with Gasteiger partial charge in [-0.15, -0.1) is 0 Å². The Morgan fingerprint density at radius 2 is 1.45 bits per heavy atom. The van der Waals surface area contributed by atoms with Crippen molar-refractivity contribution in [3.8, 4) is 0 Å². The number of carbonyl (C=O) groups excluding carboxylic acids is 2. The molecule has 0 aromatic rings. The maximum atomic E-state index is 13.0. The van der Waals surface area contributed by atoms with Gasteiger partial charge in [-0.2, -0.15) is 0 Å². The van der Waals surface area contributed by atoms with Crippen LogP contribution in [0.3, 0.4) is 0 Å². The predicted molar refractivity (Wildman–Crippen MR) is 119 cm³/mol. The number of ketones is 1. The molecule has 2 heterocycles. The Hall–Kier alpha value is -0.980. The standard InChI is InChI=1S/C23H44N4O2/c1-4-5-6-9-22(23(29)21(2)3)27-13-8-11-24-14-15-25(18-19-27)10-7-12-26(20-28)17-16-24/h20-22H,4-19H2,1-3H3. The highest BCUT2D eigenvalue weighted by molar-refractivity contribution is 5.85. The number of amides is 1. The van der Waals surface area contributed by atoms with Gasteiger partial charge in [0, 0.05) is 58.3 Å². The predicted octanol–water partition coefficient (Wildman–Crippen LogP) is 2.33. The van der Waals surface area contributed by atoms with Crippen LogP contribution >= 0.6 is 0 Å². The number of hydrogen-bond acceptors (Lipinski definition) is 5. The minimum Gasteiger partial charge on any atom is -0.344 e. The molecular formula is C23H44N4O2. The van der Waals surface area contributed by atoms with Crippen LogP contribution in [0.4, 0.5) is 0 Å². The molecule has 1 amide bonds. The van der Waals surface area contributed by atoms with Crippen molar-refractivity contribution in [2.45, 2.75) is 65.3 Å². The zero-order chi connectivity index (χ0) is 21.1. The van der Waals surface area contributed by atoms with Gasteiger partial charge in [0.2, 0.25) is 6.41 Å². The molecule has 0 spiro atoms. The lowest BCUT2D eigenvalue weighted by Crippen LogP contribution is -2.50. The summed E-state index contributed by atoms with van der Waals surface area (Å²) in [6.45, 7) is 16.2. The van der Waals surface area contributed by atoms with Crippen molar-refractivity contribution in [2.75, 3.05) is 65.4 Å². The van der Waals surface area contributed by atoms with E-state index in [0.29, 0.717) is 5.78 Å². The van der Waals surface area contributed by atoms with Gasteiger partial charge in [-0.05, 0) is 32.4 Å². The van der Waals surface area contributed by atoms with Crippen LogP contribution < -0.4 is 0 Å². The van der Waals surface area contributed by atoms with E-state index in [2.05, 4.69) is 35.5 Å². The van der Waals surface area contributed by atoms with Gasteiger partial charge < -0.3 is 14.7 Å². The van der Waals surface area contributed by atoms with Crippen LogP contribution in [0.1, 0.15) is 59.3 Å². The Kier molecular flexibility index (Phi) is 11.2.